The summed E-state index contributed by atoms with van der Waals surface area (Å²) in [4.78, 5) is 34.4. The molecule has 0 fully saturated rings. The van der Waals surface area contributed by atoms with Crippen LogP contribution in [0.5, 0.6) is 0 Å². The highest BCUT2D eigenvalue weighted by molar-refractivity contribution is 6.03. The predicted molar refractivity (Wildman–Crippen MR) is 65.6 cm³/mol. The minimum absolute atomic E-state index is 0.000578. The van der Waals surface area contributed by atoms with Crippen LogP contribution < -0.4 is 11.0 Å². The summed E-state index contributed by atoms with van der Waals surface area (Å²) in [7, 11) is 0. The van der Waals surface area contributed by atoms with Gasteiger partial charge in [0.15, 0.2) is 0 Å². The van der Waals surface area contributed by atoms with Crippen LogP contribution in [0.2, 0.25) is 0 Å². The van der Waals surface area contributed by atoms with Crippen LogP contribution in [0.15, 0.2) is 16.9 Å². The number of nitrogens with one attached hydrogen (secondary N) is 1. The number of carbonyl (C=O) groups excluding carboxylic acids is 2. The quantitative estimate of drug-likeness (QED) is 0.771. The van der Waals surface area contributed by atoms with Gasteiger partial charge in [-0.2, -0.15) is 0 Å². The van der Waals surface area contributed by atoms with Gasteiger partial charge in [0.05, 0.1) is 23.3 Å². The van der Waals surface area contributed by atoms with Gasteiger partial charge in [0.2, 0.25) is 5.91 Å². The molecule has 0 spiro atoms. The largest absolute Gasteiger partial charge is 0.330 e. The average molecular weight is 245 g/mol. The van der Waals surface area contributed by atoms with E-state index in [1.165, 1.54) is 9.13 Å². The van der Waals surface area contributed by atoms with Gasteiger partial charge in [-0.15, -0.1) is 0 Å². The molecule has 0 unspecified atom stereocenters. The number of benzene rings is 1. The zero-order chi connectivity index (χ0) is 12.9. The lowest BCUT2D eigenvalue weighted by atomic mass is 10.1. The number of carbonyl (C=O) groups is 2. The van der Waals surface area contributed by atoms with E-state index in [2.05, 4.69) is 5.32 Å². The number of hydrogen-bond donors (Lipinski definition) is 1. The minimum Gasteiger partial charge on any atom is -0.323 e. The van der Waals surface area contributed by atoms with Crippen LogP contribution in [-0.4, -0.2) is 21.3 Å². The maximum atomic E-state index is 12.1. The molecule has 6 nitrogen and oxygen atoms in total. The van der Waals surface area contributed by atoms with E-state index in [4.69, 9.17) is 0 Å². The van der Waals surface area contributed by atoms with Crippen LogP contribution in [-0.2, 0) is 22.7 Å². The molecule has 2 aromatic rings. The van der Waals surface area contributed by atoms with E-state index < -0.39 is 0 Å². The molecule has 1 aromatic carbocycles. The summed E-state index contributed by atoms with van der Waals surface area (Å²) in [6.07, 6.45) is 0.681. The Morgan fingerprint density at radius 3 is 2.89 bits per heavy atom. The molecule has 0 atom stereocenters. The lowest BCUT2D eigenvalue weighted by Crippen LogP contribution is -2.32. The molecule has 0 radical (unpaired) electrons. The van der Waals surface area contributed by atoms with Gasteiger partial charge < -0.3 is 10.1 Å². The summed E-state index contributed by atoms with van der Waals surface area (Å²) in [5.74, 6) is -0.222. The number of rotatable bonds is 2. The highest BCUT2D eigenvalue weighted by Crippen LogP contribution is 2.27. The first-order valence-corrected chi connectivity index (χ1v) is 5.59. The summed E-state index contributed by atoms with van der Waals surface area (Å²) >= 11 is 0. The molecule has 92 valence electrons. The molecule has 0 aliphatic carbocycles. The number of imidazole rings is 1. The molecule has 1 aliphatic rings. The second-order valence-corrected chi connectivity index (χ2v) is 4.37. The van der Waals surface area contributed by atoms with Crippen LogP contribution in [0.3, 0.4) is 0 Å². The monoisotopic (exact) mass is 245 g/mol. The molecule has 18 heavy (non-hydrogen) atoms. The van der Waals surface area contributed by atoms with Gasteiger partial charge in [0, 0.05) is 0 Å². The van der Waals surface area contributed by atoms with E-state index >= 15 is 0 Å². The standard InChI is InChI=1S/C12H11N3O3/c1-7-4-8-11-9(5-7)14(2-3-16)12(18)15(11)6-10(17)13-8/h3-5H,2,6H2,1H3,(H,13,17). The van der Waals surface area contributed by atoms with E-state index in [0.717, 1.165) is 5.56 Å². The molecule has 0 bridgehead atoms. The third-order valence-corrected chi connectivity index (χ3v) is 3.09. The zero-order valence-electron chi connectivity index (χ0n) is 9.77. The Hall–Kier alpha value is -2.37. The van der Waals surface area contributed by atoms with Crippen LogP contribution in [0, 0.1) is 6.92 Å². The molecule has 3 rings (SSSR count). The smallest absolute Gasteiger partial charge is 0.323 e. The first kappa shape index (κ1) is 10.8. The van der Waals surface area contributed by atoms with Gasteiger partial charge in [0.1, 0.15) is 12.8 Å². The Morgan fingerprint density at radius 1 is 1.39 bits per heavy atom. The molecule has 0 saturated carbocycles. The SMILES string of the molecule is Cc1cc2c3c(c1)n(CC=O)c(=O)n3CC(=O)N2. The molecule has 2 heterocycles. The van der Waals surface area contributed by atoms with Crippen molar-refractivity contribution in [3.05, 3.63) is 28.2 Å². The number of hydrogen-bond acceptors (Lipinski definition) is 3. The van der Waals surface area contributed by atoms with Crippen LogP contribution in [0.25, 0.3) is 11.0 Å². The highest BCUT2D eigenvalue weighted by atomic mass is 16.2. The minimum atomic E-state index is -0.321. The van der Waals surface area contributed by atoms with Gasteiger partial charge in [-0.25, -0.2) is 4.79 Å². The zero-order valence-corrected chi connectivity index (χ0v) is 9.77. The molecule has 0 saturated heterocycles. The number of amides is 1. The number of nitrogens with zero attached hydrogens (tertiary/aromatic N) is 2. The Balaban J connectivity index is 2.47. The number of aryl methyl sites for hydroxylation is 1. The fraction of sp³-hybridized carbons (Fsp3) is 0.250. The first-order chi connectivity index (χ1) is 8.61. The van der Waals surface area contributed by atoms with Crippen molar-refractivity contribution in [2.75, 3.05) is 5.32 Å². The molecular formula is C12H11N3O3. The lowest BCUT2D eigenvalue weighted by Gasteiger charge is -2.15. The van der Waals surface area contributed by atoms with Gasteiger partial charge >= 0.3 is 5.69 Å². The summed E-state index contributed by atoms with van der Waals surface area (Å²) in [5.41, 5.74) is 2.60. The Kier molecular flexibility index (Phi) is 2.13. The van der Waals surface area contributed by atoms with Gasteiger partial charge in [-0.1, -0.05) is 0 Å². The van der Waals surface area contributed by atoms with Gasteiger partial charge in [0.25, 0.3) is 0 Å². The van der Waals surface area contributed by atoms with Crippen LogP contribution >= 0.6 is 0 Å². The van der Waals surface area contributed by atoms with Crippen molar-refractivity contribution in [3.8, 4) is 0 Å². The predicted octanol–water partition coefficient (Wildman–Crippen LogP) is 0.262. The molecule has 1 aromatic heterocycles. The second kappa shape index (κ2) is 3.56. The molecular weight excluding hydrogens is 234 g/mol. The third-order valence-electron chi connectivity index (χ3n) is 3.09. The van der Waals surface area contributed by atoms with Crippen molar-refractivity contribution in [3.63, 3.8) is 0 Å². The van der Waals surface area contributed by atoms with E-state index in [1.54, 1.807) is 0 Å². The summed E-state index contributed by atoms with van der Waals surface area (Å²) in [6.45, 7) is 1.88. The average Bonchev–Trinajstić information content (AvgIpc) is 2.55. The maximum absolute atomic E-state index is 12.1. The van der Waals surface area contributed by atoms with Crippen molar-refractivity contribution in [1.29, 1.82) is 0 Å². The lowest BCUT2D eigenvalue weighted by molar-refractivity contribution is -0.116. The Morgan fingerprint density at radius 2 is 2.17 bits per heavy atom. The second-order valence-electron chi connectivity index (χ2n) is 4.37. The van der Waals surface area contributed by atoms with E-state index in [9.17, 15) is 14.4 Å². The Bertz CT molecular complexity index is 739. The topological polar surface area (TPSA) is 73.1 Å². The summed E-state index contributed by atoms with van der Waals surface area (Å²) in [6, 6.07) is 3.66. The fourth-order valence-electron chi connectivity index (χ4n) is 2.42. The summed E-state index contributed by atoms with van der Waals surface area (Å²) in [5, 5.41) is 2.75. The van der Waals surface area contributed by atoms with Gasteiger partial charge in [-0.05, 0) is 24.6 Å². The number of aromatic nitrogens is 2. The molecule has 1 amide bonds. The normalized spacial score (nSPS) is 13.7. The van der Waals surface area contributed by atoms with Crippen LogP contribution in [0.4, 0.5) is 5.69 Å². The number of anilines is 1. The van der Waals surface area contributed by atoms with E-state index in [0.29, 0.717) is 23.0 Å². The molecule has 6 heteroatoms. The van der Waals surface area contributed by atoms with Crippen molar-refractivity contribution < 1.29 is 9.59 Å². The van der Waals surface area contributed by atoms with Crippen LogP contribution in [0.1, 0.15) is 5.56 Å². The van der Waals surface area contributed by atoms with E-state index in [-0.39, 0.29) is 24.7 Å². The number of aldehydes is 1. The highest BCUT2D eigenvalue weighted by Gasteiger charge is 2.23. The van der Waals surface area contributed by atoms with Crippen molar-refractivity contribution >= 4 is 28.9 Å². The fourth-order valence-corrected chi connectivity index (χ4v) is 2.42. The van der Waals surface area contributed by atoms with Crippen molar-refractivity contribution in [2.45, 2.75) is 20.0 Å². The molecule has 1 aliphatic heterocycles. The van der Waals surface area contributed by atoms with Gasteiger partial charge in [-0.3, -0.25) is 13.9 Å². The third kappa shape index (κ3) is 1.32. The van der Waals surface area contributed by atoms with E-state index in [1.807, 2.05) is 19.1 Å². The van der Waals surface area contributed by atoms with Crippen molar-refractivity contribution in [1.82, 2.24) is 9.13 Å². The molecule has 1 N–H and O–H groups in total. The Labute approximate surface area is 102 Å². The first-order valence-electron chi connectivity index (χ1n) is 5.59. The maximum Gasteiger partial charge on any atom is 0.330 e. The summed E-state index contributed by atoms with van der Waals surface area (Å²) < 4.78 is 2.80. The van der Waals surface area contributed by atoms with Crippen molar-refractivity contribution in [2.24, 2.45) is 0 Å².